The van der Waals surface area contributed by atoms with Crippen molar-refractivity contribution >= 4 is 11.6 Å². The van der Waals surface area contributed by atoms with Crippen molar-refractivity contribution in [2.75, 3.05) is 19.0 Å². The fourth-order valence-electron chi connectivity index (χ4n) is 3.67. The summed E-state index contributed by atoms with van der Waals surface area (Å²) in [5.41, 5.74) is -0.316. The molecule has 0 aromatic heterocycles. The molecule has 1 amide bonds. The second-order valence-corrected chi connectivity index (χ2v) is 7.90. The van der Waals surface area contributed by atoms with Crippen molar-refractivity contribution in [3.8, 4) is 6.07 Å². The van der Waals surface area contributed by atoms with Crippen LogP contribution < -0.4 is 4.90 Å². The number of anilines is 1. The molecule has 2 aromatic rings. The van der Waals surface area contributed by atoms with Gasteiger partial charge in [-0.2, -0.15) is 18.4 Å². The van der Waals surface area contributed by atoms with E-state index in [0.29, 0.717) is 6.42 Å². The average molecular weight is 432 g/mol. The van der Waals surface area contributed by atoms with Crippen LogP contribution in [0.1, 0.15) is 49.9 Å². The largest absolute Gasteiger partial charge is 0.417 e. The third-order valence-corrected chi connectivity index (χ3v) is 5.60. The van der Waals surface area contributed by atoms with Crippen LogP contribution in [0, 0.1) is 17.2 Å². The van der Waals surface area contributed by atoms with Gasteiger partial charge in [0.15, 0.2) is 0 Å². The first kappa shape index (κ1) is 24.3. The van der Waals surface area contributed by atoms with E-state index < -0.39 is 23.3 Å². The number of benzene rings is 2. The van der Waals surface area contributed by atoms with E-state index in [2.05, 4.69) is 0 Å². The summed E-state index contributed by atoms with van der Waals surface area (Å²) in [6, 6.07) is 13.6. The summed E-state index contributed by atoms with van der Waals surface area (Å²) >= 11 is 0. The first-order chi connectivity index (χ1) is 14.5. The van der Waals surface area contributed by atoms with E-state index in [4.69, 9.17) is 0 Å². The Bertz CT molecular complexity index is 935. The zero-order chi connectivity index (χ0) is 23.3. The molecule has 0 aliphatic rings. The van der Waals surface area contributed by atoms with Crippen molar-refractivity contribution in [1.82, 2.24) is 4.90 Å². The molecule has 0 bridgehead atoms. The number of halogens is 3. The summed E-state index contributed by atoms with van der Waals surface area (Å²) in [4.78, 5) is 16.4. The summed E-state index contributed by atoms with van der Waals surface area (Å²) in [7, 11) is 3.28. The highest BCUT2D eigenvalue weighted by molar-refractivity contribution is 5.85. The number of carbonyl (C=O) groups excluding carboxylic acids is 1. The Hall–Kier alpha value is -3.01. The molecule has 7 heteroatoms. The number of hydrogen-bond acceptors (Lipinski definition) is 3. The Labute approximate surface area is 181 Å². The summed E-state index contributed by atoms with van der Waals surface area (Å²) < 4.78 is 41.0. The van der Waals surface area contributed by atoms with Gasteiger partial charge in [-0.1, -0.05) is 50.6 Å². The van der Waals surface area contributed by atoms with Gasteiger partial charge in [-0.3, -0.25) is 4.79 Å². The number of carbonyl (C=O) groups is 1. The van der Waals surface area contributed by atoms with E-state index in [-0.39, 0.29) is 23.6 Å². The Balaban J connectivity index is 2.76. The standard InChI is InChI=1S/C24H28F3N3O/c1-6-16(2)22(23(31)29(4)5)30(17(3)18-10-8-7-9-11-18)20-13-12-19(15-28)21(14-20)24(25,26)27/h7-14,16-17,22H,6H2,1-5H3/t16-,17?,22-/m0/s1. The smallest absolute Gasteiger partial charge is 0.352 e. The minimum atomic E-state index is -4.68. The SMILES string of the molecule is CC[C@H](C)[C@@H](C(=O)N(C)C)N(c1ccc(C#N)c(C(F)(F)F)c1)C(C)c1ccccc1. The fourth-order valence-corrected chi connectivity index (χ4v) is 3.67. The highest BCUT2D eigenvalue weighted by Crippen LogP contribution is 2.38. The van der Waals surface area contributed by atoms with E-state index in [1.165, 1.54) is 17.0 Å². The lowest BCUT2D eigenvalue weighted by atomic mass is 9.92. The minimum absolute atomic E-state index is 0.119. The van der Waals surface area contributed by atoms with E-state index in [1.54, 1.807) is 25.1 Å². The molecule has 0 saturated heterocycles. The molecule has 0 aliphatic heterocycles. The van der Waals surface area contributed by atoms with Gasteiger partial charge in [0.05, 0.1) is 23.2 Å². The molecule has 0 radical (unpaired) electrons. The Morgan fingerprint density at radius 1 is 1.10 bits per heavy atom. The first-order valence-electron chi connectivity index (χ1n) is 10.2. The normalized spacial score (nSPS) is 14.3. The monoisotopic (exact) mass is 431 g/mol. The van der Waals surface area contributed by atoms with Crippen molar-refractivity contribution < 1.29 is 18.0 Å². The molecule has 4 nitrogen and oxygen atoms in total. The molecule has 0 saturated carbocycles. The summed E-state index contributed by atoms with van der Waals surface area (Å²) in [5, 5.41) is 9.17. The molecule has 1 unspecified atom stereocenters. The summed E-state index contributed by atoms with van der Waals surface area (Å²) in [5.74, 6) is -0.305. The number of nitriles is 1. The van der Waals surface area contributed by atoms with Gasteiger partial charge in [-0.15, -0.1) is 0 Å². The minimum Gasteiger partial charge on any atom is -0.352 e. The topological polar surface area (TPSA) is 47.3 Å². The van der Waals surface area contributed by atoms with Crippen molar-refractivity contribution in [3.05, 3.63) is 65.2 Å². The third kappa shape index (κ3) is 5.38. The highest BCUT2D eigenvalue weighted by Gasteiger charge is 2.38. The van der Waals surface area contributed by atoms with Crippen molar-refractivity contribution in [2.24, 2.45) is 5.92 Å². The average Bonchev–Trinajstić information content (AvgIpc) is 2.75. The molecular formula is C24H28F3N3O. The van der Waals surface area contributed by atoms with Crippen LogP contribution in [0.15, 0.2) is 48.5 Å². The van der Waals surface area contributed by atoms with Crippen LogP contribution in [-0.4, -0.2) is 30.9 Å². The molecule has 2 rings (SSSR count). The van der Waals surface area contributed by atoms with E-state index >= 15 is 0 Å². The van der Waals surface area contributed by atoms with Gasteiger partial charge >= 0.3 is 6.18 Å². The highest BCUT2D eigenvalue weighted by atomic mass is 19.4. The van der Waals surface area contributed by atoms with Gasteiger partial charge in [-0.25, -0.2) is 0 Å². The lowest BCUT2D eigenvalue weighted by molar-refractivity contribution is -0.137. The number of amides is 1. The van der Waals surface area contributed by atoms with E-state index in [9.17, 15) is 23.2 Å². The van der Waals surface area contributed by atoms with Gasteiger partial charge in [0, 0.05) is 19.8 Å². The number of alkyl halides is 3. The van der Waals surface area contributed by atoms with Crippen molar-refractivity contribution in [3.63, 3.8) is 0 Å². The van der Waals surface area contributed by atoms with Crippen molar-refractivity contribution in [2.45, 2.75) is 45.5 Å². The second kappa shape index (κ2) is 9.86. The predicted molar refractivity (Wildman–Crippen MR) is 115 cm³/mol. The van der Waals surface area contributed by atoms with Crippen LogP contribution in [0.5, 0.6) is 0 Å². The van der Waals surface area contributed by atoms with Gasteiger partial charge in [0.2, 0.25) is 5.91 Å². The van der Waals surface area contributed by atoms with Crippen LogP contribution >= 0.6 is 0 Å². The maximum Gasteiger partial charge on any atom is 0.417 e. The molecular weight excluding hydrogens is 403 g/mol. The quantitative estimate of drug-likeness (QED) is 0.569. The Kier molecular flexibility index (Phi) is 7.72. The van der Waals surface area contributed by atoms with Crippen molar-refractivity contribution in [1.29, 1.82) is 5.26 Å². The Morgan fingerprint density at radius 3 is 2.19 bits per heavy atom. The molecule has 0 aliphatic carbocycles. The van der Waals surface area contributed by atoms with Crippen LogP contribution in [0.25, 0.3) is 0 Å². The summed E-state index contributed by atoms with van der Waals surface area (Å²) in [6.07, 6.45) is -4.01. The van der Waals surface area contributed by atoms with E-state index in [0.717, 1.165) is 11.6 Å². The van der Waals surface area contributed by atoms with Gasteiger partial charge in [0.1, 0.15) is 6.04 Å². The maximum atomic E-state index is 13.7. The molecule has 0 fully saturated rings. The second-order valence-electron chi connectivity index (χ2n) is 7.90. The number of nitrogens with zero attached hydrogens (tertiary/aromatic N) is 3. The molecule has 0 heterocycles. The van der Waals surface area contributed by atoms with Crippen LogP contribution in [0.2, 0.25) is 0 Å². The third-order valence-electron chi connectivity index (χ3n) is 5.60. The first-order valence-corrected chi connectivity index (χ1v) is 10.2. The zero-order valence-corrected chi connectivity index (χ0v) is 18.4. The molecule has 0 N–H and O–H groups in total. The van der Waals surface area contributed by atoms with Gasteiger partial charge < -0.3 is 9.80 Å². The molecule has 3 atom stereocenters. The van der Waals surface area contributed by atoms with Crippen LogP contribution in [0.4, 0.5) is 18.9 Å². The lowest BCUT2D eigenvalue weighted by Gasteiger charge is -2.42. The predicted octanol–water partition coefficient (Wildman–Crippen LogP) is 5.65. The van der Waals surface area contributed by atoms with Gasteiger partial charge in [0.25, 0.3) is 0 Å². The Morgan fingerprint density at radius 2 is 1.71 bits per heavy atom. The van der Waals surface area contributed by atoms with Crippen LogP contribution in [-0.2, 0) is 11.0 Å². The number of likely N-dealkylation sites (N-methyl/N-ethyl adjacent to an activating group) is 1. The molecule has 2 aromatic carbocycles. The number of hydrogen-bond donors (Lipinski definition) is 0. The maximum absolute atomic E-state index is 13.7. The molecule has 0 spiro atoms. The number of rotatable bonds is 7. The summed E-state index contributed by atoms with van der Waals surface area (Å²) in [6.45, 7) is 5.75. The van der Waals surface area contributed by atoms with E-state index in [1.807, 2.05) is 51.1 Å². The molecule has 31 heavy (non-hydrogen) atoms. The van der Waals surface area contributed by atoms with Gasteiger partial charge in [-0.05, 0) is 36.6 Å². The fraction of sp³-hybridized carbons (Fsp3) is 0.417. The molecule has 166 valence electrons. The lowest BCUT2D eigenvalue weighted by Crippen LogP contribution is -2.51. The van der Waals surface area contributed by atoms with Crippen LogP contribution in [0.3, 0.4) is 0 Å². The zero-order valence-electron chi connectivity index (χ0n) is 18.4.